The van der Waals surface area contributed by atoms with Crippen molar-refractivity contribution in [1.82, 2.24) is 29.2 Å². The number of ketones is 2. The van der Waals surface area contributed by atoms with Gasteiger partial charge in [-0.25, -0.2) is 26.8 Å². The minimum Gasteiger partial charge on any atom is -0.496 e. The van der Waals surface area contributed by atoms with Gasteiger partial charge in [0.15, 0.2) is 11.6 Å². The van der Waals surface area contributed by atoms with Crippen molar-refractivity contribution in [2.24, 2.45) is 39.9 Å². The monoisotopic (exact) mass is 1560 g/mol. The number of carbonyl (C=O) groups is 8. The number of rotatable bonds is 10. The van der Waals surface area contributed by atoms with E-state index in [1.165, 1.54) is 19.1 Å². The van der Waals surface area contributed by atoms with Gasteiger partial charge in [0.25, 0.3) is 0 Å². The molecule has 4 aliphatic carbocycles. The number of aromatic nitrogens is 2. The number of hydrogen-bond donors (Lipinski definition) is 2. The highest BCUT2D eigenvalue weighted by atomic mass is 32.2. The van der Waals surface area contributed by atoms with Crippen molar-refractivity contribution in [3.05, 3.63) is 65.8 Å². The van der Waals surface area contributed by atoms with E-state index in [9.17, 15) is 55.2 Å². The minimum absolute atomic E-state index is 0.0570. The van der Waals surface area contributed by atoms with Gasteiger partial charge in [-0.1, -0.05) is 83.1 Å². The number of sulfonamides is 2. The molecular weight excluding hydrogens is 1450 g/mol. The average Bonchev–Trinajstić information content (AvgIpc) is 1.57. The van der Waals surface area contributed by atoms with Crippen LogP contribution in [0.2, 0.25) is 0 Å². The van der Waals surface area contributed by atoms with Crippen LogP contribution in [0, 0.1) is 39.9 Å². The molecule has 0 radical (unpaired) electrons. The van der Waals surface area contributed by atoms with E-state index < -0.39 is 107 Å². The molecule has 0 spiro atoms. The number of fused-ring (bicyclic) bond motifs is 8. The summed E-state index contributed by atoms with van der Waals surface area (Å²) in [5, 5.41) is 0.255. The number of allylic oxidation sites excluding steroid dienone is 3. The molecule has 596 valence electrons. The molecule has 10 bridgehead atoms. The van der Waals surface area contributed by atoms with Gasteiger partial charge in [-0.05, 0) is 132 Å². The summed E-state index contributed by atoms with van der Waals surface area (Å²) in [6, 6.07) is 9.09. The Balaban J connectivity index is 0.000000193. The predicted molar refractivity (Wildman–Crippen MR) is 407 cm³/mol. The van der Waals surface area contributed by atoms with E-state index in [1.54, 1.807) is 37.3 Å². The third-order valence-electron chi connectivity index (χ3n) is 24.1. The van der Waals surface area contributed by atoms with E-state index in [0.29, 0.717) is 122 Å². The van der Waals surface area contributed by atoms with Crippen molar-refractivity contribution in [2.45, 2.75) is 235 Å². The number of nitrogens with zero attached hydrogens (tertiary/aromatic N) is 4. The first kappa shape index (κ1) is 79.7. The molecule has 2 aromatic carbocycles. The summed E-state index contributed by atoms with van der Waals surface area (Å²) in [5.74, 6) is -2.47. The fourth-order valence-electron chi connectivity index (χ4n) is 17.1. The highest BCUT2D eigenvalue weighted by molar-refractivity contribution is 7.91. The van der Waals surface area contributed by atoms with E-state index in [2.05, 4.69) is 19.4 Å². The van der Waals surface area contributed by atoms with Gasteiger partial charge < -0.3 is 47.7 Å². The van der Waals surface area contributed by atoms with Crippen LogP contribution in [0.4, 0.5) is 0 Å². The molecule has 2 aromatic heterocycles. The Bertz CT molecular complexity index is 4500. The molecule has 3 saturated heterocycles. The van der Waals surface area contributed by atoms with Crippen LogP contribution in [0.25, 0.3) is 27.9 Å². The molecular formula is C82H106N6O20S2. The molecule has 4 amide bonds. The van der Waals surface area contributed by atoms with E-state index in [1.807, 2.05) is 56.4 Å². The Labute approximate surface area is 644 Å². The number of pyridine rings is 2. The maximum Gasteiger partial charge on any atom is 0.306 e. The third kappa shape index (κ3) is 18.4. The lowest BCUT2D eigenvalue weighted by atomic mass is 9.89. The highest BCUT2D eigenvalue weighted by Gasteiger charge is 2.64. The fourth-order valence-corrected chi connectivity index (χ4v) is 19.9. The lowest BCUT2D eigenvalue weighted by Gasteiger charge is -2.29. The molecule has 14 rings (SSSR count). The first-order valence-corrected chi connectivity index (χ1v) is 42.7. The summed E-state index contributed by atoms with van der Waals surface area (Å²) in [7, 11) is -1.44. The SMILES string of the molecule is COc1cc2c3cc(c(OC)cc3n1)/C=C/CC(C)(C)COC(=O)C[C@H]1CCCCC/C=C\[C@@H]3C[C@@]3(C(=O)NS(=O)(=O)C3CC3)CC(=O)[C@@H]3C[C@H](CN3C1=O)O2.COc1cc2c3cc(c(OC)cc3n1)CCCCCOC(=O)C[C@H]1CCCCCCC[C@@H]3C[C@@]3(C(=O)NS(=O)(=O)C3CC3)CC(=O)[C@@H]3C[C@H](CN3C1=O)O2. The topological polar surface area (TPSA) is 335 Å². The Morgan fingerprint density at radius 3 is 1.65 bits per heavy atom. The molecule has 26 nitrogen and oxygen atoms in total. The number of ether oxygens (including phenoxy) is 8. The van der Waals surface area contributed by atoms with Gasteiger partial charge >= 0.3 is 11.9 Å². The van der Waals surface area contributed by atoms with Gasteiger partial charge in [-0.15, -0.1) is 0 Å². The fraction of sp³-hybridized carbons (Fsp3) is 0.634. The van der Waals surface area contributed by atoms with Crippen molar-refractivity contribution >= 4 is 95.1 Å². The van der Waals surface area contributed by atoms with E-state index in [4.69, 9.17) is 37.9 Å². The van der Waals surface area contributed by atoms with Gasteiger partial charge in [0.05, 0.1) is 112 Å². The Kier molecular flexibility index (Phi) is 24.3. The maximum atomic E-state index is 14.7. The number of methoxy groups -OCH3 is 4. The molecule has 6 aliphatic heterocycles. The molecule has 7 fully saturated rings. The van der Waals surface area contributed by atoms with Gasteiger partial charge in [-0.2, -0.15) is 0 Å². The molecule has 4 saturated carbocycles. The number of cyclic esters (lactones) is 2. The van der Waals surface area contributed by atoms with Gasteiger partial charge in [0.1, 0.15) is 35.2 Å². The number of carbonyl (C=O) groups excluding carboxylic acids is 8. The van der Waals surface area contributed by atoms with Crippen molar-refractivity contribution in [3.8, 4) is 34.8 Å². The Hall–Kier alpha value is -8.40. The van der Waals surface area contributed by atoms with Crippen molar-refractivity contribution < 1.29 is 93.1 Å². The highest BCUT2D eigenvalue weighted by Crippen LogP contribution is 2.60. The first-order valence-electron chi connectivity index (χ1n) is 39.6. The number of amides is 4. The summed E-state index contributed by atoms with van der Waals surface area (Å²) >= 11 is 0. The smallest absolute Gasteiger partial charge is 0.306 e. The van der Waals surface area contributed by atoms with Crippen LogP contribution in [0.3, 0.4) is 0 Å². The number of benzene rings is 2. The Morgan fingerprint density at radius 1 is 0.555 bits per heavy atom. The largest absolute Gasteiger partial charge is 0.496 e. The average molecular weight is 1560 g/mol. The number of esters is 2. The summed E-state index contributed by atoms with van der Waals surface area (Å²) in [6.07, 6.45) is 21.9. The van der Waals surface area contributed by atoms with E-state index in [-0.39, 0.29) is 100 Å². The van der Waals surface area contributed by atoms with Crippen LogP contribution in [0.15, 0.2) is 54.6 Å². The lowest BCUT2D eigenvalue weighted by Crippen LogP contribution is -2.46. The van der Waals surface area contributed by atoms with Crippen molar-refractivity contribution in [3.63, 3.8) is 0 Å². The van der Waals surface area contributed by atoms with Crippen LogP contribution in [-0.2, 0) is 74.3 Å². The van der Waals surface area contributed by atoms with E-state index in [0.717, 1.165) is 93.6 Å². The second kappa shape index (κ2) is 33.5. The molecule has 8 heterocycles. The van der Waals surface area contributed by atoms with Crippen LogP contribution in [-0.4, -0.2) is 173 Å². The summed E-state index contributed by atoms with van der Waals surface area (Å²) in [4.78, 5) is 125. The normalized spacial score (nSPS) is 29.3. The number of aryl methyl sites for hydroxylation is 1. The quantitative estimate of drug-likeness (QED) is 0.110. The van der Waals surface area contributed by atoms with Gasteiger partial charge in [-0.3, -0.25) is 47.8 Å². The summed E-state index contributed by atoms with van der Waals surface area (Å²) in [6.45, 7) is 4.56. The molecule has 28 heteroatoms. The molecule has 0 unspecified atom stereocenters. The van der Waals surface area contributed by atoms with Gasteiger partial charge in [0.2, 0.25) is 55.4 Å². The van der Waals surface area contributed by atoms with Crippen molar-refractivity contribution in [2.75, 3.05) is 54.7 Å². The summed E-state index contributed by atoms with van der Waals surface area (Å²) in [5.41, 5.74) is 0.120. The minimum atomic E-state index is -3.85. The molecule has 110 heavy (non-hydrogen) atoms. The number of nitrogens with one attached hydrogen (secondary N) is 2. The zero-order chi connectivity index (χ0) is 77.9. The standard InChI is InChI=1S/C42H53N3O10S.C40H53N3O10S/c1-41(2)16-10-12-26-17-31-32(20-35(26)52-3)43-37(53-4)21-36(31)55-29-19-33-34(46)23-42(40(49)44-56(50,51)30-14-15-30)22-28(42)13-9-7-5-6-8-11-27(18-38(47)54-25-41)39(48)45(33)24-29;1-50-34-20-31-30-17-25(34)11-8-6-10-16-52-37(45)18-26-12-7-4-3-5-9-13-27-22-40(27,39(47)42-54(48,49)29-14-15-29)23-33(44)32-19-28(24-43(32)38(26)46)53-35(30)21-36(41-31)51-2/h9-10,12-13,17,20-21,27-30,33H,5-8,11,14-16,18-19,22-25H2,1-4H3,(H,44,49);17,20-21,26-29,32H,3-16,18-19,22-24H2,1-2H3,(H,42,47)/b12-10+,13-9-;/t27-,28-,29-,33+,42-;26-,27-,28-,32+,40-/m11/s1. The lowest BCUT2D eigenvalue weighted by molar-refractivity contribution is -0.152. The molecule has 10 atom stereocenters. The first-order chi connectivity index (χ1) is 52.7. The van der Waals surface area contributed by atoms with Crippen molar-refractivity contribution in [1.29, 1.82) is 0 Å². The Morgan fingerprint density at radius 2 is 1.07 bits per heavy atom. The predicted octanol–water partition coefficient (Wildman–Crippen LogP) is 10.9. The van der Waals surface area contributed by atoms with Crippen LogP contribution >= 0.6 is 0 Å². The second-order valence-corrected chi connectivity index (χ2v) is 36.8. The summed E-state index contributed by atoms with van der Waals surface area (Å²) < 4.78 is 104. The van der Waals surface area contributed by atoms with Gasteiger partial charge in [0, 0.05) is 83.5 Å². The third-order valence-corrected chi connectivity index (χ3v) is 27.7. The zero-order valence-corrected chi connectivity index (χ0v) is 65.8. The van der Waals surface area contributed by atoms with E-state index >= 15 is 0 Å². The number of Topliss-reactive ketones (excluding diaryl/α,β-unsaturated/α-hetero) is 2. The van der Waals surface area contributed by atoms with Crippen LogP contribution in [0.5, 0.6) is 34.8 Å². The molecule has 10 aliphatic rings. The zero-order valence-electron chi connectivity index (χ0n) is 64.2. The maximum absolute atomic E-state index is 14.7. The molecule has 2 N–H and O–H groups in total. The van der Waals surface area contributed by atoms with Crippen LogP contribution < -0.4 is 37.9 Å². The molecule has 4 aromatic rings. The second-order valence-electron chi connectivity index (χ2n) is 32.9. The number of hydrogen-bond acceptors (Lipinski definition) is 22. The van der Waals surface area contributed by atoms with Crippen LogP contribution in [0.1, 0.15) is 205 Å².